The van der Waals surface area contributed by atoms with E-state index in [4.69, 9.17) is 9.47 Å². The molecule has 1 heterocycles. The summed E-state index contributed by atoms with van der Waals surface area (Å²) in [5, 5.41) is 0. The first-order valence-electron chi connectivity index (χ1n) is 4.97. The number of ether oxygens (including phenoxy) is 2. The maximum absolute atomic E-state index is 13.3. The topological polar surface area (TPSA) is 35.5 Å². The lowest BCUT2D eigenvalue weighted by molar-refractivity contribution is -0.0721. The molecule has 1 aliphatic rings. The van der Waals surface area contributed by atoms with E-state index >= 15 is 0 Å². The van der Waals surface area contributed by atoms with Gasteiger partial charge in [0.05, 0.1) is 25.4 Å². The molecule has 1 aliphatic heterocycles. The van der Waals surface area contributed by atoms with Gasteiger partial charge in [-0.1, -0.05) is 0 Å². The quantitative estimate of drug-likeness (QED) is 0.745. The number of halogens is 3. The number of hydrogen-bond acceptors (Lipinski definition) is 3. The maximum Gasteiger partial charge on any atom is 0.199 e. The van der Waals surface area contributed by atoms with E-state index in [0.29, 0.717) is 18.7 Å². The van der Waals surface area contributed by atoms with Crippen molar-refractivity contribution in [1.29, 1.82) is 0 Å². The van der Waals surface area contributed by atoms with Crippen LogP contribution in [-0.2, 0) is 9.47 Å². The molecule has 0 spiro atoms. The van der Waals surface area contributed by atoms with Gasteiger partial charge in [0.15, 0.2) is 5.78 Å². The molecule has 92 valence electrons. The SMILES string of the molecule is O=C(c1c(F)cc(F)cc1F)C1COCCO1. The minimum absolute atomic E-state index is 0.0604. The van der Waals surface area contributed by atoms with Crippen molar-refractivity contribution < 1.29 is 27.4 Å². The fourth-order valence-electron chi connectivity index (χ4n) is 1.58. The van der Waals surface area contributed by atoms with Crippen molar-refractivity contribution in [3.05, 3.63) is 35.1 Å². The van der Waals surface area contributed by atoms with Crippen LogP contribution in [-0.4, -0.2) is 31.7 Å². The van der Waals surface area contributed by atoms with Crippen LogP contribution in [0.25, 0.3) is 0 Å². The van der Waals surface area contributed by atoms with Crippen LogP contribution in [0.1, 0.15) is 10.4 Å². The lowest BCUT2D eigenvalue weighted by Gasteiger charge is -2.22. The Morgan fingerprint density at radius 1 is 1.18 bits per heavy atom. The zero-order valence-electron chi connectivity index (χ0n) is 8.71. The van der Waals surface area contributed by atoms with E-state index in [-0.39, 0.29) is 13.2 Å². The summed E-state index contributed by atoms with van der Waals surface area (Å²) in [7, 11) is 0. The molecule has 3 nitrogen and oxygen atoms in total. The van der Waals surface area contributed by atoms with E-state index in [0.717, 1.165) is 0 Å². The van der Waals surface area contributed by atoms with Crippen molar-refractivity contribution in [2.75, 3.05) is 19.8 Å². The number of Topliss-reactive ketones (excluding diaryl/α,β-unsaturated/α-hetero) is 1. The average molecular weight is 246 g/mol. The van der Waals surface area contributed by atoms with Crippen LogP contribution in [0.5, 0.6) is 0 Å². The molecule has 0 bridgehead atoms. The molecule has 1 aromatic rings. The zero-order valence-corrected chi connectivity index (χ0v) is 8.71. The van der Waals surface area contributed by atoms with Crippen LogP contribution < -0.4 is 0 Å². The summed E-state index contributed by atoms with van der Waals surface area (Å²) in [4.78, 5) is 11.7. The van der Waals surface area contributed by atoms with Crippen LogP contribution in [0.2, 0.25) is 0 Å². The lowest BCUT2D eigenvalue weighted by atomic mass is 10.0. The Balaban J connectivity index is 2.30. The molecule has 0 amide bonds. The Bertz CT molecular complexity index is 419. The number of ketones is 1. The van der Waals surface area contributed by atoms with Crippen LogP contribution >= 0.6 is 0 Å². The highest BCUT2D eigenvalue weighted by Crippen LogP contribution is 2.18. The molecule has 0 saturated carbocycles. The van der Waals surface area contributed by atoms with Crippen molar-refractivity contribution in [1.82, 2.24) is 0 Å². The van der Waals surface area contributed by atoms with Crippen molar-refractivity contribution in [3.8, 4) is 0 Å². The molecule has 1 unspecified atom stereocenters. The van der Waals surface area contributed by atoms with Gasteiger partial charge in [-0.15, -0.1) is 0 Å². The second kappa shape index (κ2) is 4.85. The van der Waals surface area contributed by atoms with E-state index in [1.165, 1.54) is 0 Å². The third-order valence-corrected chi connectivity index (χ3v) is 2.36. The van der Waals surface area contributed by atoms with Gasteiger partial charge < -0.3 is 9.47 Å². The molecule has 1 fully saturated rings. The van der Waals surface area contributed by atoms with E-state index < -0.39 is 34.9 Å². The number of carbonyl (C=O) groups is 1. The van der Waals surface area contributed by atoms with Gasteiger partial charge in [0.25, 0.3) is 0 Å². The highest BCUT2D eigenvalue weighted by molar-refractivity contribution is 6.00. The predicted octanol–water partition coefficient (Wildman–Crippen LogP) is 1.70. The highest BCUT2D eigenvalue weighted by Gasteiger charge is 2.29. The van der Waals surface area contributed by atoms with E-state index in [1.54, 1.807) is 0 Å². The van der Waals surface area contributed by atoms with Crippen molar-refractivity contribution in [2.24, 2.45) is 0 Å². The Morgan fingerprint density at radius 3 is 2.35 bits per heavy atom. The molecule has 0 aromatic heterocycles. The summed E-state index contributed by atoms with van der Waals surface area (Å²) < 4.78 is 49.3. The van der Waals surface area contributed by atoms with E-state index in [2.05, 4.69) is 0 Å². The van der Waals surface area contributed by atoms with Gasteiger partial charge in [-0.25, -0.2) is 13.2 Å². The second-order valence-corrected chi connectivity index (χ2v) is 3.54. The van der Waals surface area contributed by atoms with Gasteiger partial charge in [-0.2, -0.15) is 0 Å². The minimum Gasteiger partial charge on any atom is -0.376 e. The van der Waals surface area contributed by atoms with E-state index in [1.807, 2.05) is 0 Å². The van der Waals surface area contributed by atoms with Crippen molar-refractivity contribution in [3.63, 3.8) is 0 Å². The van der Waals surface area contributed by atoms with Crippen LogP contribution in [0.15, 0.2) is 12.1 Å². The summed E-state index contributed by atoms with van der Waals surface area (Å²) >= 11 is 0. The minimum atomic E-state index is -1.23. The second-order valence-electron chi connectivity index (χ2n) is 3.54. The first-order valence-corrected chi connectivity index (χ1v) is 4.97. The van der Waals surface area contributed by atoms with Crippen LogP contribution in [0, 0.1) is 17.5 Å². The summed E-state index contributed by atoms with van der Waals surface area (Å²) in [5.74, 6) is -4.42. The van der Waals surface area contributed by atoms with Crippen molar-refractivity contribution >= 4 is 5.78 Å². The van der Waals surface area contributed by atoms with Crippen LogP contribution in [0.3, 0.4) is 0 Å². The maximum atomic E-state index is 13.3. The standard InChI is InChI=1S/C11H9F3O3/c12-6-3-7(13)10(8(14)4-6)11(15)9-5-16-1-2-17-9/h3-4,9H,1-2,5H2. The predicted molar refractivity (Wildman–Crippen MR) is 51.2 cm³/mol. The lowest BCUT2D eigenvalue weighted by Crippen LogP contribution is -2.36. The first kappa shape index (κ1) is 12.1. The summed E-state index contributed by atoms with van der Waals surface area (Å²) in [5.41, 5.74) is -0.790. The molecule has 2 rings (SSSR count). The molecule has 6 heteroatoms. The fraction of sp³-hybridized carbons (Fsp3) is 0.364. The molecule has 1 atom stereocenters. The zero-order chi connectivity index (χ0) is 12.4. The largest absolute Gasteiger partial charge is 0.376 e. The molecule has 1 aromatic carbocycles. The summed E-state index contributed by atoms with van der Waals surface area (Å²) in [6.45, 7) is 0.452. The molecule has 0 radical (unpaired) electrons. The number of carbonyl (C=O) groups excluding carboxylic acids is 1. The Labute approximate surface area is 95.1 Å². The van der Waals surface area contributed by atoms with Gasteiger partial charge in [0, 0.05) is 12.1 Å². The summed E-state index contributed by atoms with van der Waals surface area (Å²) in [6.07, 6.45) is -1.04. The number of benzene rings is 1. The Hall–Kier alpha value is -1.40. The third-order valence-electron chi connectivity index (χ3n) is 2.36. The smallest absolute Gasteiger partial charge is 0.199 e. The molecular weight excluding hydrogens is 237 g/mol. The Kier molecular flexibility index (Phi) is 3.44. The molecular formula is C11H9F3O3. The first-order chi connectivity index (χ1) is 8.09. The Morgan fingerprint density at radius 2 is 1.82 bits per heavy atom. The van der Waals surface area contributed by atoms with Gasteiger partial charge in [0.2, 0.25) is 0 Å². The summed E-state index contributed by atoms with van der Waals surface area (Å²) in [6, 6.07) is 0.917. The van der Waals surface area contributed by atoms with E-state index in [9.17, 15) is 18.0 Å². The van der Waals surface area contributed by atoms with Gasteiger partial charge >= 0.3 is 0 Å². The highest BCUT2D eigenvalue weighted by atomic mass is 19.1. The fourth-order valence-corrected chi connectivity index (χ4v) is 1.58. The third kappa shape index (κ3) is 2.48. The van der Waals surface area contributed by atoms with Gasteiger partial charge in [0.1, 0.15) is 23.6 Å². The van der Waals surface area contributed by atoms with Gasteiger partial charge in [-0.3, -0.25) is 4.79 Å². The normalized spacial score (nSPS) is 20.3. The molecule has 17 heavy (non-hydrogen) atoms. The number of rotatable bonds is 2. The van der Waals surface area contributed by atoms with Crippen LogP contribution in [0.4, 0.5) is 13.2 Å². The molecule has 1 saturated heterocycles. The van der Waals surface area contributed by atoms with Gasteiger partial charge in [-0.05, 0) is 0 Å². The van der Waals surface area contributed by atoms with Crippen molar-refractivity contribution in [2.45, 2.75) is 6.10 Å². The average Bonchev–Trinajstić information content (AvgIpc) is 2.28. The molecule has 0 aliphatic carbocycles. The monoisotopic (exact) mass is 246 g/mol. The number of hydrogen-bond donors (Lipinski definition) is 0. The molecule has 0 N–H and O–H groups in total.